The normalized spacial score (nSPS) is 16.0. The van der Waals surface area contributed by atoms with Gasteiger partial charge in [0.25, 0.3) is 5.91 Å². The molecule has 3 aromatic carbocycles. The predicted molar refractivity (Wildman–Crippen MR) is 146 cm³/mol. The average Bonchev–Trinajstić information content (AvgIpc) is 3.28. The summed E-state index contributed by atoms with van der Waals surface area (Å²) in [6.45, 7) is 4.92. The first-order valence-corrected chi connectivity index (χ1v) is 12.4. The number of amides is 1. The molecule has 1 amide bonds. The van der Waals surface area contributed by atoms with Crippen molar-refractivity contribution in [2.45, 2.75) is 20.4 Å². The number of amidine groups is 1. The molecule has 0 spiro atoms. The molecular weight excluding hydrogens is 470 g/mol. The molecule has 4 aromatic rings. The molecule has 1 fully saturated rings. The first-order valence-electron chi connectivity index (χ1n) is 11.5. The number of hydrogen-bond donors (Lipinski definition) is 1. The van der Waals surface area contributed by atoms with E-state index < -0.39 is 5.97 Å². The van der Waals surface area contributed by atoms with Gasteiger partial charge in [-0.2, -0.15) is 0 Å². The second-order valence-electron chi connectivity index (χ2n) is 8.82. The maximum atomic E-state index is 13.1. The molecule has 0 unspecified atom stereocenters. The Balaban J connectivity index is 1.53. The number of carboxylic acids is 1. The molecule has 2 heterocycles. The molecule has 1 N–H and O–H groups in total. The molecule has 1 aliphatic heterocycles. The summed E-state index contributed by atoms with van der Waals surface area (Å²) >= 11 is 1.29. The SMILES string of the molecule is Cc1cccc(Cn2c(C)c(/C=C3/SC(=Nc4cccc(C(=O)O)c4)N(C)C3=O)c3ccccc32)c1. The number of benzene rings is 3. The molecule has 7 heteroatoms. The van der Waals surface area contributed by atoms with E-state index in [1.807, 2.05) is 18.2 Å². The van der Waals surface area contributed by atoms with Gasteiger partial charge in [-0.3, -0.25) is 9.69 Å². The van der Waals surface area contributed by atoms with Gasteiger partial charge in [-0.1, -0.05) is 54.1 Å². The number of nitrogens with zero attached hydrogens (tertiary/aromatic N) is 3. The lowest BCUT2D eigenvalue weighted by molar-refractivity contribution is -0.121. The third-order valence-electron chi connectivity index (χ3n) is 6.30. The molecule has 1 saturated heterocycles. The van der Waals surface area contributed by atoms with E-state index in [4.69, 9.17) is 0 Å². The Morgan fingerprint density at radius 2 is 1.81 bits per heavy atom. The lowest BCUT2D eigenvalue weighted by atomic mass is 10.1. The fourth-order valence-electron chi connectivity index (χ4n) is 4.44. The number of likely N-dealkylation sites (N-methyl/N-ethyl adjacent to an activating group) is 1. The lowest BCUT2D eigenvalue weighted by Gasteiger charge is -2.09. The smallest absolute Gasteiger partial charge is 0.335 e. The number of aromatic carboxylic acids is 1. The van der Waals surface area contributed by atoms with Gasteiger partial charge in [0, 0.05) is 35.8 Å². The summed E-state index contributed by atoms with van der Waals surface area (Å²) in [6.07, 6.45) is 1.95. The Morgan fingerprint density at radius 3 is 2.58 bits per heavy atom. The lowest BCUT2D eigenvalue weighted by Crippen LogP contribution is -2.23. The van der Waals surface area contributed by atoms with E-state index in [1.54, 1.807) is 19.2 Å². The van der Waals surface area contributed by atoms with Crippen LogP contribution in [0.1, 0.15) is 32.7 Å². The van der Waals surface area contributed by atoms with Gasteiger partial charge in [0.15, 0.2) is 5.17 Å². The van der Waals surface area contributed by atoms with Crippen molar-refractivity contribution in [3.63, 3.8) is 0 Å². The third kappa shape index (κ3) is 4.45. The minimum atomic E-state index is -1.02. The number of fused-ring (bicyclic) bond motifs is 1. The number of carbonyl (C=O) groups excluding carboxylic acids is 1. The highest BCUT2D eigenvalue weighted by Gasteiger charge is 2.31. The summed E-state index contributed by atoms with van der Waals surface area (Å²) in [5.74, 6) is -1.15. The third-order valence-corrected chi connectivity index (χ3v) is 7.36. The number of thioether (sulfide) groups is 1. The first kappa shape index (κ1) is 23.6. The topological polar surface area (TPSA) is 74.9 Å². The van der Waals surface area contributed by atoms with Crippen molar-refractivity contribution >= 4 is 51.5 Å². The molecule has 1 aromatic heterocycles. The van der Waals surface area contributed by atoms with Crippen LogP contribution in [-0.4, -0.2) is 38.7 Å². The summed E-state index contributed by atoms with van der Waals surface area (Å²) < 4.78 is 2.29. The van der Waals surface area contributed by atoms with Gasteiger partial charge >= 0.3 is 5.97 Å². The van der Waals surface area contributed by atoms with Crippen molar-refractivity contribution in [1.29, 1.82) is 0 Å². The van der Waals surface area contributed by atoms with Gasteiger partial charge in [0.1, 0.15) is 0 Å². The van der Waals surface area contributed by atoms with Crippen molar-refractivity contribution in [2.24, 2.45) is 4.99 Å². The number of carbonyl (C=O) groups is 2. The van der Waals surface area contributed by atoms with E-state index in [0.29, 0.717) is 15.8 Å². The van der Waals surface area contributed by atoms with Crippen molar-refractivity contribution in [1.82, 2.24) is 9.47 Å². The highest BCUT2D eigenvalue weighted by atomic mass is 32.2. The molecule has 0 radical (unpaired) electrons. The minimum Gasteiger partial charge on any atom is -0.478 e. The molecule has 5 rings (SSSR count). The number of para-hydroxylation sites is 1. The van der Waals surface area contributed by atoms with E-state index >= 15 is 0 Å². The summed E-state index contributed by atoms with van der Waals surface area (Å²) in [4.78, 5) is 31.1. The van der Waals surface area contributed by atoms with Gasteiger partial charge in [-0.25, -0.2) is 9.79 Å². The molecule has 36 heavy (non-hydrogen) atoms. The van der Waals surface area contributed by atoms with Crippen molar-refractivity contribution in [3.8, 4) is 0 Å². The summed E-state index contributed by atoms with van der Waals surface area (Å²) in [6, 6.07) is 23.1. The highest BCUT2D eigenvalue weighted by molar-refractivity contribution is 8.18. The molecule has 0 atom stereocenters. The van der Waals surface area contributed by atoms with Crippen LogP contribution in [-0.2, 0) is 11.3 Å². The fraction of sp³-hybridized carbons (Fsp3) is 0.138. The second kappa shape index (κ2) is 9.51. The monoisotopic (exact) mass is 495 g/mol. The summed E-state index contributed by atoms with van der Waals surface area (Å²) in [5, 5.41) is 10.9. The van der Waals surface area contributed by atoms with Crippen LogP contribution in [0.4, 0.5) is 5.69 Å². The zero-order valence-corrected chi connectivity index (χ0v) is 21.0. The fourth-order valence-corrected chi connectivity index (χ4v) is 5.41. The van der Waals surface area contributed by atoms with Crippen LogP contribution in [0.15, 0.2) is 82.7 Å². The summed E-state index contributed by atoms with van der Waals surface area (Å²) in [5.41, 5.74) is 6.30. The van der Waals surface area contributed by atoms with E-state index in [-0.39, 0.29) is 11.5 Å². The molecule has 0 bridgehead atoms. The maximum absolute atomic E-state index is 13.1. The highest BCUT2D eigenvalue weighted by Crippen LogP contribution is 2.36. The van der Waals surface area contributed by atoms with Crippen LogP contribution in [0.2, 0.25) is 0 Å². The molecule has 0 aliphatic carbocycles. The van der Waals surface area contributed by atoms with Gasteiger partial charge < -0.3 is 9.67 Å². The van der Waals surface area contributed by atoms with E-state index in [9.17, 15) is 14.7 Å². The molecular formula is C29H25N3O3S. The number of aromatic nitrogens is 1. The quantitative estimate of drug-likeness (QED) is 0.333. The Morgan fingerprint density at radius 1 is 1.03 bits per heavy atom. The van der Waals surface area contributed by atoms with Gasteiger partial charge in [0.05, 0.1) is 16.2 Å². The van der Waals surface area contributed by atoms with E-state index in [0.717, 1.165) is 28.7 Å². The van der Waals surface area contributed by atoms with Gasteiger partial charge in [0.2, 0.25) is 0 Å². The van der Waals surface area contributed by atoms with E-state index in [2.05, 4.69) is 59.8 Å². The maximum Gasteiger partial charge on any atom is 0.335 e. The van der Waals surface area contributed by atoms with Crippen molar-refractivity contribution < 1.29 is 14.7 Å². The van der Waals surface area contributed by atoms with Gasteiger partial charge in [-0.05, 0) is 61.5 Å². The number of aryl methyl sites for hydroxylation is 1. The van der Waals surface area contributed by atoms with Gasteiger partial charge in [-0.15, -0.1) is 0 Å². The largest absolute Gasteiger partial charge is 0.478 e. The zero-order chi connectivity index (χ0) is 25.4. The van der Waals surface area contributed by atoms with Crippen molar-refractivity contribution in [3.05, 3.63) is 106 Å². The Labute approximate surface area is 213 Å². The predicted octanol–water partition coefficient (Wildman–Crippen LogP) is 6.24. The number of carboxylic acid groups (broad SMARTS) is 1. The first-order chi connectivity index (χ1) is 17.3. The second-order valence-corrected chi connectivity index (χ2v) is 9.83. The molecule has 6 nitrogen and oxygen atoms in total. The van der Waals surface area contributed by atoms with Crippen LogP contribution in [0.3, 0.4) is 0 Å². The standard InChI is InChI=1S/C29H25N3O3S/c1-18-8-6-9-20(14-18)17-32-19(2)24(23-12-4-5-13-25(23)32)16-26-27(33)31(3)29(36-26)30-22-11-7-10-21(15-22)28(34)35/h4-16H,17H2,1-3H3,(H,34,35)/b26-16+,30-29?. The summed E-state index contributed by atoms with van der Waals surface area (Å²) in [7, 11) is 1.68. The number of hydrogen-bond acceptors (Lipinski definition) is 4. The molecule has 0 saturated carbocycles. The van der Waals surface area contributed by atoms with E-state index in [1.165, 1.54) is 39.9 Å². The van der Waals surface area contributed by atoms with Crippen LogP contribution < -0.4 is 0 Å². The number of aliphatic imine (C=N–C) groups is 1. The van der Waals surface area contributed by atoms with Crippen LogP contribution in [0, 0.1) is 13.8 Å². The minimum absolute atomic E-state index is 0.136. The number of rotatable bonds is 5. The Bertz CT molecular complexity index is 1580. The Kier molecular flexibility index (Phi) is 6.24. The van der Waals surface area contributed by atoms with Crippen LogP contribution in [0.5, 0.6) is 0 Å². The average molecular weight is 496 g/mol. The Hall–Kier alpha value is -4.10. The van der Waals surface area contributed by atoms with Crippen LogP contribution >= 0.6 is 11.8 Å². The molecule has 1 aliphatic rings. The van der Waals surface area contributed by atoms with Crippen LogP contribution in [0.25, 0.3) is 17.0 Å². The van der Waals surface area contributed by atoms with Crippen molar-refractivity contribution in [2.75, 3.05) is 7.05 Å². The molecule has 180 valence electrons. The zero-order valence-electron chi connectivity index (χ0n) is 20.2.